The van der Waals surface area contributed by atoms with Gasteiger partial charge in [-0.05, 0) is 43.4 Å². The lowest BCUT2D eigenvalue weighted by Crippen LogP contribution is -2.44. The van der Waals surface area contributed by atoms with Gasteiger partial charge in [-0.1, -0.05) is 0 Å². The number of sulfonamides is 1. The Balaban J connectivity index is 1.67. The molecule has 1 aliphatic rings. The molecule has 1 aromatic carbocycles. The number of piperazine rings is 1. The van der Waals surface area contributed by atoms with Crippen molar-refractivity contribution in [1.82, 2.24) is 9.88 Å². The molecule has 3 rings (SSSR count). The standard InChI is InChI=1S/C18H23N5O3S/c1-14(24)20-15-3-6-17(7-4-15)27(25,26)21-18-8-5-16(13-19-18)23-11-9-22(2)10-12-23/h3-8,13H,9-12H2,1-2H3,(H,19,21)(H,20,24). The number of pyridine rings is 1. The second kappa shape index (κ2) is 7.93. The van der Waals surface area contributed by atoms with Gasteiger partial charge in [0.1, 0.15) is 5.82 Å². The monoisotopic (exact) mass is 389 g/mol. The summed E-state index contributed by atoms with van der Waals surface area (Å²) >= 11 is 0. The first kappa shape index (κ1) is 19.1. The average molecular weight is 389 g/mol. The SMILES string of the molecule is CC(=O)Nc1ccc(S(=O)(=O)Nc2ccc(N3CCN(C)CC3)cn2)cc1. The smallest absolute Gasteiger partial charge is 0.263 e. The summed E-state index contributed by atoms with van der Waals surface area (Å²) in [7, 11) is -1.66. The van der Waals surface area contributed by atoms with Crippen molar-refractivity contribution in [2.75, 3.05) is 48.2 Å². The predicted octanol–water partition coefficient (Wildman–Crippen LogP) is 1.59. The van der Waals surface area contributed by atoms with Crippen LogP contribution < -0.4 is 14.9 Å². The molecule has 1 aromatic heterocycles. The zero-order chi connectivity index (χ0) is 19.4. The van der Waals surface area contributed by atoms with Crippen LogP contribution in [0.2, 0.25) is 0 Å². The topological polar surface area (TPSA) is 94.6 Å². The van der Waals surface area contributed by atoms with Crippen molar-refractivity contribution in [2.45, 2.75) is 11.8 Å². The average Bonchev–Trinajstić information content (AvgIpc) is 2.63. The number of carbonyl (C=O) groups is 1. The summed E-state index contributed by atoms with van der Waals surface area (Å²) in [5.41, 5.74) is 1.52. The number of nitrogens with one attached hydrogen (secondary N) is 2. The van der Waals surface area contributed by atoms with Gasteiger partial charge in [0, 0.05) is 38.8 Å². The molecule has 144 valence electrons. The third-order valence-corrected chi connectivity index (χ3v) is 5.71. The van der Waals surface area contributed by atoms with Crippen molar-refractivity contribution < 1.29 is 13.2 Å². The van der Waals surface area contributed by atoms with Crippen molar-refractivity contribution in [3.05, 3.63) is 42.6 Å². The van der Waals surface area contributed by atoms with Gasteiger partial charge in [0.05, 0.1) is 16.8 Å². The summed E-state index contributed by atoms with van der Waals surface area (Å²) in [6.45, 7) is 5.21. The summed E-state index contributed by atoms with van der Waals surface area (Å²) in [5, 5.41) is 2.60. The number of aromatic nitrogens is 1. The number of hydrogen-bond acceptors (Lipinski definition) is 6. The number of hydrogen-bond donors (Lipinski definition) is 2. The number of likely N-dealkylation sites (N-methyl/N-ethyl adjacent to an activating group) is 1. The third kappa shape index (κ3) is 4.95. The molecule has 0 saturated carbocycles. The molecule has 1 aliphatic heterocycles. The second-order valence-electron chi connectivity index (χ2n) is 6.50. The molecule has 8 nitrogen and oxygen atoms in total. The first-order valence-corrected chi connectivity index (χ1v) is 10.1. The van der Waals surface area contributed by atoms with Crippen molar-refractivity contribution in [2.24, 2.45) is 0 Å². The molecular formula is C18H23N5O3S. The molecule has 1 fully saturated rings. The van der Waals surface area contributed by atoms with Gasteiger partial charge in [-0.3, -0.25) is 9.52 Å². The van der Waals surface area contributed by atoms with Gasteiger partial charge in [-0.2, -0.15) is 0 Å². The van der Waals surface area contributed by atoms with Gasteiger partial charge in [-0.25, -0.2) is 13.4 Å². The largest absolute Gasteiger partial charge is 0.368 e. The van der Waals surface area contributed by atoms with E-state index in [0.29, 0.717) is 5.69 Å². The molecule has 0 atom stereocenters. The molecule has 9 heteroatoms. The predicted molar refractivity (Wildman–Crippen MR) is 106 cm³/mol. The number of nitrogens with zero attached hydrogens (tertiary/aromatic N) is 3. The van der Waals surface area contributed by atoms with Gasteiger partial charge in [0.2, 0.25) is 5.91 Å². The first-order valence-electron chi connectivity index (χ1n) is 8.63. The normalized spacial score (nSPS) is 15.4. The van der Waals surface area contributed by atoms with E-state index in [1.165, 1.54) is 19.1 Å². The molecule has 1 amide bonds. The van der Waals surface area contributed by atoms with E-state index in [-0.39, 0.29) is 16.6 Å². The maximum Gasteiger partial charge on any atom is 0.263 e. The number of benzene rings is 1. The van der Waals surface area contributed by atoms with Crippen LogP contribution in [-0.2, 0) is 14.8 Å². The van der Waals surface area contributed by atoms with E-state index in [2.05, 4.69) is 31.9 Å². The van der Waals surface area contributed by atoms with Crippen LogP contribution in [0.25, 0.3) is 0 Å². The minimum absolute atomic E-state index is 0.0987. The van der Waals surface area contributed by atoms with Gasteiger partial charge < -0.3 is 15.1 Å². The van der Waals surface area contributed by atoms with Crippen molar-refractivity contribution in [3.63, 3.8) is 0 Å². The Hall–Kier alpha value is -2.65. The van der Waals surface area contributed by atoms with Gasteiger partial charge in [-0.15, -0.1) is 0 Å². The molecule has 0 bridgehead atoms. The van der Waals surface area contributed by atoms with Crippen molar-refractivity contribution in [1.29, 1.82) is 0 Å². The summed E-state index contributed by atoms with van der Waals surface area (Å²) < 4.78 is 27.5. The van der Waals surface area contributed by atoms with Gasteiger partial charge in [0.15, 0.2) is 0 Å². The van der Waals surface area contributed by atoms with Crippen molar-refractivity contribution >= 4 is 33.1 Å². The second-order valence-corrected chi connectivity index (χ2v) is 8.19. The molecule has 0 unspecified atom stereocenters. The van der Waals surface area contributed by atoms with Crippen LogP contribution in [0.5, 0.6) is 0 Å². The van der Waals surface area contributed by atoms with E-state index in [1.807, 2.05) is 6.07 Å². The zero-order valence-electron chi connectivity index (χ0n) is 15.3. The number of amides is 1. The Morgan fingerprint density at radius 2 is 1.70 bits per heavy atom. The number of rotatable bonds is 5. The highest BCUT2D eigenvalue weighted by Gasteiger charge is 2.17. The highest BCUT2D eigenvalue weighted by Crippen LogP contribution is 2.20. The van der Waals surface area contributed by atoms with E-state index < -0.39 is 10.0 Å². The van der Waals surface area contributed by atoms with Crippen LogP contribution in [0.3, 0.4) is 0 Å². The molecule has 2 N–H and O–H groups in total. The van der Waals surface area contributed by atoms with Crippen LogP contribution >= 0.6 is 0 Å². The summed E-state index contributed by atoms with van der Waals surface area (Å²) in [5.74, 6) is 0.0483. The molecule has 27 heavy (non-hydrogen) atoms. The van der Waals surface area contributed by atoms with E-state index in [4.69, 9.17) is 0 Å². The fourth-order valence-electron chi connectivity index (χ4n) is 2.82. The number of anilines is 3. The highest BCUT2D eigenvalue weighted by atomic mass is 32.2. The Kier molecular flexibility index (Phi) is 5.62. The fourth-order valence-corrected chi connectivity index (χ4v) is 3.82. The van der Waals surface area contributed by atoms with E-state index in [1.54, 1.807) is 24.4 Å². The minimum atomic E-state index is -3.75. The lowest BCUT2D eigenvalue weighted by molar-refractivity contribution is -0.114. The summed E-state index contributed by atoms with van der Waals surface area (Å²) in [6.07, 6.45) is 1.68. The van der Waals surface area contributed by atoms with Crippen LogP contribution in [0.1, 0.15) is 6.92 Å². The molecule has 0 radical (unpaired) electrons. The van der Waals surface area contributed by atoms with E-state index in [9.17, 15) is 13.2 Å². The molecule has 1 saturated heterocycles. The fraction of sp³-hybridized carbons (Fsp3) is 0.333. The number of carbonyl (C=O) groups excluding carboxylic acids is 1. The van der Waals surface area contributed by atoms with E-state index in [0.717, 1.165) is 31.9 Å². The zero-order valence-corrected chi connectivity index (χ0v) is 16.2. The maximum atomic E-state index is 12.5. The van der Waals surface area contributed by atoms with E-state index >= 15 is 0 Å². The maximum absolute atomic E-state index is 12.5. The molecule has 2 heterocycles. The van der Waals surface area contributed by atoms with Crippen LogP contribution in [0.4, 0.5) is 17.2 Å². The first-order chi connectivity index (χ1) is 12.8. The minimum Gasteiger partial charge on any atom is -0.368 e. The summed E-state index contributed by atoms with van der Waals surface area (Å²) in [4.78, 5) is 19.9. The van der Waals surface area contributed by atoms with Crippen molar-refractivity contribution in [3.8, 4) is 0 Å². The van der Waals surface area contributed by atoms with Crippen LogP contribution in [0.15, 0.2) is 47.5 Å². The summed E-state index contributed by atoms with van der Waals surface area (Å²) in [6, 6.07) is 9.49. The Bertz CT molecular complexity index is 890. The molecule has 0 spiro atoms. The van der Waals surface area contributed by atoms with Crippen LogP contribution in [-0.4, -0.2) is 57.4 Å². The molecule has 0 aliphatic carbocycles. The Morgan fingerprint density at radius 1 is 1.04 bits per heavy atom. The van der Waals surface area contributed by atoms with Crippen LogP contribution in [0, 0.1) is 0 Å². The van der Waals surface area contributed by atoms with Gasteiger partial charge in [0.25, 0.3) is 10.0 Å². The molecule has 2 aromatic rings. The van der Waals surface area contributed by atoms with Gasteiger partial charge >= 0.3 is 0 Å². The lowest BCUT2D eigenvalue weighted by atomic mass is 10.3. The lowest BCUT2D eigenvalue weighted by Gasteiger charge is -2.33. The third-order valence-electron chi connectivity index (χ3n) is 4.34. The highest BCUT2D eigenvalue weighted by molar-refractivity contribution is 7.92. The Labute approximate surface area is 159 Å². The quantitative estimate of drug-likeness (QED) is 0.807. The Morgan fingerprint density at radius 3 is 2.26 bits per heavy atom. The molecular weight excluding hydrogens is 366 g/mol.